The van der Waals surface area contributed by atoms with Crippen molar-refractivity contribution in [3.05, 3.63) is 42.2 Å². The van der Waals surface area contributed by atoms with Gasteiger partial charge in [-0.1, -0.05) is 37.6 Å². The largest absolute Gasteiger partial charge is 0.356 e. The molecule has 0 aliphatic rings. The molecule has 0 aliphatic heterocycles. The fraction of sp³-hybridized carbons (Fsp3) is 0.500. The molecule has 1 aromatic carbocycles. The molecular weight excluding hydrogens is 298 g/mol. The van der Waals surface area contributed by atoms with E-state index in [1.807, 2.05) is 13.0 Å². The molecule has 1 heterocycles. The lowest BCUT2D eigenvalue weighted by atomic mass is 10.2. The molecule has 4 heteroatoms. The molecule has 0 spiro atoms. The highest BCUT2D eigenvalue weighted by Crippen LogP contribution is 2.19. The number of aromatic nitrogens is 2. The summed E-state index contributed by atoms with van der Waals surface area (Å²) in [6.07, 6.45) is 5.71. The maximum Gasteiger partial charge on any atom is 0.219 e. The molecule has 0 bridgehead atoms. The monoisotopic (exact) mass is 327 g/mol. The van der Waals surface area contributed by atoms with Gasteiger partial charge < -0.3 is 9.88 Å². The number of hydrogen-bond donors (Lipinski definition) is 1. The van der Waals surface area contributed by atoms with Crippen LogP contribution in [0, 0.1) is 0 Å². The van der Waals surface area contributed by atoms with Crippen molar-refractivity contribution in [2.24, 2.45) is 0 Å². The second-order valence-electron chi connectivity index (χ2n) is 6.47. The Hall–Kier alpha value is -2.10. The van der Waals surface area contributed by atoms with Gasteiger partial charge in [0.1, 0.15) is 5.82 Å². The van der Waals surface area contributed by atoms with Crippen molar-refractivity contribution in [3.63, 3.8) is 0 Å². The second-order valence-corrected chi connectivity index (χ2v) is 6.47. The molecule has 0 aliphatic carbocycles. The van der Waals surface area contributed by atoms with Crippen molar-refractivity contribution in [2.45, 2.75) is 58.9 Å². The summed E-state index contributed by atoms with van der Waals surface area (Å²) in [5.41, 5.74) is 3.38. The Labute approximate surface area is 145 Å². The first-order valence-corrected chi connectivity index (χ1v) is 8.97. The van der Waals surface area contributed by atoms with Crippen LogP contribution < -0.4 is 5.32 Å². The Bertz CT molecular complexity index is 687. The highest BCUT2D eigenvalue weighted by molar-refractivity contribution is 5.76. The summed E-state index contributed by atoms with van der Waals surface area (Å²) in [7, 11) is 0. The van der Waals surface area contributed by atoms with Crippen molar-refractivity contribution in [1.29, 1.82) is 0 Å². The van der Waals surface area contributed by atoms with Crippen LogP contribution in [0.15, 0.2) is 36.4 Å². The van der Waals surface area contributed by atoms with E-state index >= 15 is 0 Å². The SMILES string of the molecule is C=C(C)Cn1c(CCCCCNC(=O)CCC)nc2ccccc21. The lowest BCUT2D eigenvalue weighted by molar-refractivity contribution is -0.121. The fourth-order valence-electron chi connectivity index (χ4n) is 2.89. The second kappa shape index (κ2) is 9.26. The minimum Gasteiger partial charge on any atom is -0.356 e. The van der Waals surface area contributed by atoms with E-state index in [1.165, 1.54) is 5.52 Å². The molecule has 0 unspecified atom stereocenters. The van der Waals surface area contributed by atoms with E-state index in [9.17, 15) is 4.79 Å². The number of carbonyl (C=O) groups is 1. The van der Waals surface area contributed by atoms with Crippen LogP contribution in [0.3, 0.4) is 0 Å². The molecular formula is C20H29N3O. The number of nitrogens with one attached hydrogen (secondary N) is 1. The summed E-state index contributed by atoms with van der Waals surface area (Å²) >= 11 is 0. The van der Waals surface area contributed by atoms with E-state index in [4.69, 9.17) is 4.98 Å². The average Bonchev–Trinajstić information content (AvgIpc) is 2.88. The van der Waals surface area contributed by atoms with E-state index in [-0.39, 0.29) is 5.91 Å². The molecule has 0 radical (unpaired) electrons. The van der Waals surface area contributed by atoms with Gasteiger partial charge in [-0.15, -0.1) is 0 Å². The zero-order chi connectivity index (χ0) is 17.4. The number of fused-ring (bicyclic) bond motifs is 1. The predicted molar refractivity (Wildman–Crippen MR) is 100 cm³/mol. The minimum atomic E-state index is 0.167. The van der Waals surface area contributed by atoms with Gasteiger partial charge in [-0.05, 0) is 38.3 Å². The van der Waals surface area contributed by atoms with Crippen molar-refractivity contribution in [3.8, 4) is 0 Å². The van der Waals surface area contributed by atoms with Crippen LogP contribution >= 0.6 is 0 Å². The van der Waals surface area contributed by atoms with E-state index in [0.29, 0.717) is 6.42 Å². The van der Waals surface area contributed by atoms with Crippen LogP contribution in [0.25, 0.3) is 11.0 Å². The molecule has 0 saturated carbocycles. The Morgan fingerprint density at radius 3 is 2.79 bits per heavy atom. The lowest BCUT2D eigenvalue weighted by Gasteiger charge is -2.09. The van der Waals surface area contributed by atoms with Crippen LogP contribution in [0.4, 0.5) is 0 Å². The van der Waals surface area contributed by atoms with Crippen LogP contribution in [-0.4, -0.2) is 22.0 Å². The standard InChI is InChI=1S/C20H29N3O/c1-4-10-20(24)21-14-9-5-6-13-19-22-17-11-7-8-12-18(17)23(19)15-16(2)3/h7-8,11-12H,2,4-6,9-10,13-15H2,1,3H3,(H,21,24). The molecule has 0 atom stereocenters. The van der Waals surface area contributed by atoms with E-state index in [1.54, 1.807) is 0 Å². The van der Waals surface area contributed by atoms with Gasteiger partial charge in [-0.25, -0.2) is 4.98 Å². The van der Waals surface area contributed by atoms with Gasteiger partial charge in [0.2, 0.25) is 5.91 Å². The lowest BCUT2D eigenvalue weighted by Crippen LogP contribution is -2.23. The zero-order valence-corrected chi connectivity index (χ0v) is 15.0. The smallest absolute Gasteiger partial charge is 0.219 e. The molecule has 1 aromatic heterocycles. The maximum atomic E-state index is 11.4. The first-order chi connectivity index (χ1) is 11.6. The molecule has 4 nitrogen and oxygen atoms in total. The Balaban J connectivity index is 1.86. The molecule has 130 valence electrons. The number of allylic oxidation sites excluding steroid dienone is 1. The summed E-state index contributed by atoms with van der Waals surface area (Å²) < 4.78 is 2.28. The minimum absolute atomic E-state index is 0.167. The third kappa shape index (κ3) is 5.22. The molecule has 0 saturated heterocycles. The van der Waals surface area contributed by atoms with Crippen LogP contribution in [0.1, 0.15) is 51.8 Å². The van der Waals surface area contributed by atoms with Crippen LogP contribution in [0.2, 0.25) is 0 Å². The number of unbranched alkanes of at least 4 members (excludes halogenated alkanes) is 2. The highest BCUT2D eigenvalue weighted by atomic mass is 16.1. The Morgan fingerprint density at radius 1 is 1.25 bits per heavy atom. The molecule has 2 rings (SSSR count). The van der Waals surface area contributed by atoms with Gasteiger partial charge in [0.05, 0.1) is 11.0 Å². The van der Waals surface area contributed by atoms with Crippen molar-refractivity contribution in [1.82, 2.24) is 14.9 Å². The van der Waals surface area contributed by atoms with Gasteiger partial charge >= 0.3 is 0 Å². The summed E-state index contributed by atoms with van der Waals surface area (Å²) in [5.74, 6) is 1.30. The topological polar surface area (TPSA) is 46.9 Å². The third-order valence-electron chi connectivity index (χ3n) is 4.04. The van der Waals surface area contributed by atoms with Gasteiger partial charge in [0.15, 0.2) is 0 Å². The normalized spacial score (nSPS) is 10.9. The van der Waals surface area contributed by atoms with E-state index in [0.717, 1.165) is 62.1 Å². The predicted octanol–water partition coefficient (Wildman–Crippen LogP) is 4.24. The van der Waals surface area contributed by atoms with Crippen LogP contribution in [0.5, 0.6) is 0 Å². The summed E-state index contributed by atoms with van der Waals surface area (Å²) in [5, 5.41) is 2.97. The van der Waals surface area contributed by atoms with E-state index < -0.39 is 0 Å². The molecule has 1 amide bonds. The number of carbonyl (C=O) groups excluding carboxylic acids is 1. The van der Waals surface area contributed by atoms with Gasteiger partial charge in [-0.2, -0.15) is 0 Å². The Morgan fingerprint density at radius 2 is 2.04 bits per heavy atom. The average molecular weight is 327 g/mol. The summed E-state index contributed by atoms with van der Waals surface area (Å²) in [4.78, 5) is 16.2. The summed E-state index contributed by atoms with van der Waals surface area (Å²) in [6.45, 7) is 9.72. The number of aryl methyl sites for hydroxylation is 1. The molecule has 2 aromatic rings. The third-order valence-corrected chi connectivity index (χ3v) is 4.04. The maximum absolute atomic E-state index is 11.4. The number of hydrogen-bond acceptors (Lipinski definition) is 2. The fourth-order valence-corrected chi connectivity index (χ4v) is 2.89. The molecule has 24 heavy (non-hydrogen) atoms. The number of benzene rings is 1. The highest BCUT2D eigenvalue weighted by Gasteiger charge is 2.10. The number of imidazole rings is 1. The number of rotatable bonds is 10. The zero-order valence-electron chi connectivity index (χ0n) is 15.0. The Kier molecular flexibility index (Phi) is 7.04. The number of amides is 1. The quantitative estimate of drug-likeness (QED) is 0.524. The van der Waals surface area contributed by atoms with Crippen molar-refractivity contribution >= 4 is 16.9 Å². The van der Waals surface area contributed by atoms with Gasteiger partial charge in [-0.3, -0.25) is 4.79 Å². The first-order valence-electron chi connectivity index (χ1n) is 8.97. The number of nitrogens with zero attached hydrogens (tertiary/aromatic N) is 2. The van der Waals surface area contributed by atoms with Gasteiger partial charge in [0, 0.05) is 25.9 Å². The summed E-state index contributed by atoms with van der Waals surface area (Å²) in [6, 6.07) is 8.28. The number of para-hydroxylation sites is 2. The molecule has 0 fully saturated rings. The first kappa shape index (κ1) is 18.2. The molecule has 1 N–H and O–H groups in total. The van der Waals surface area contributed by atoms with Crippen LogP contribution in [-0.2, 0) is 17.8 Å². The van der Waals surface area contributed by atoms with Crippen molar-refractivity contribution in [2.75, 3.05) is 6.54 Å². The van der Waals surface area contributed by atoms with Gasteiger partial charge in [0.25, 0.3) is 0 Å². The van der Waals surface area contributed by atoms with E-state index in [2.05, 4.69) is 41.6 Å². The van der Waals surface area contributed by atoms with Crippen molar-refractivity contribution < 1.29 is 4.79 Å².